The average molecular weight is 158 g/mol. The average Bonchev–Trinajstić information content (AvgIpc) is 2.00. The van der Waals surface area contributed by atoms with E-state index in [1.165, 1.54) is 0 Å². The van der Waals surface area contributed by atoms with Gasteiger partial charge in [-0.3, -0.25) is 0 Å². The van der Waals surface area contributed by atoms with Gasteiger partial charge in [-0.25, -0.2) is 0 Å². The van der Waals surface area contributed by atoms with Gasteiger partial charge in [-0.15, -0.1) is 6.58 Å². The van der Waals surface area contributed by atoms with Crippen LogP contribution in [0.1, 0.15) is 26.7 Å². The molecule has 0 heterocycles. The maximum absolute atomic E-state index is 9.39. The zero-order valence-electron chi connectivity index (χ0n) is 7.38. The first kappa shape index (κ1) is 10.7. The first-order chi connectivity index (χ1) is 5.13. The van der Waals surface area contributed by atoms with Crippen molar-refractivity contribution in [2.24, 2.45) is 5.41 Å². The summed E-state index contributed by atoms with van der Waals surface area (Å²) in [6, 6.07) is 0. The molecule has 0 aromatic heterocycles. The second-order valence-corrected chi connectivity index (χ2v) is 3.04. The highest BCUT2D eigenvalue weighted by atomic mass is 16.3. The van der Waals surface area contributed by atoms with Gasteiger partial charge in [-0.2, -0.15) is 0 Å². The Labute approximate surface area is 68.6 Å². The van der Waals surface area contributed by atoms with Crippen LogP contribution in [0.4, 0.5) is 0 Å². The van der Waals surface area contributed by atoms with Gasteiger partial charge in [-0.1, -0.05) is 13.0 Å². The number of hydrogen-bond donors (Lipinski definition) is 2. The summed E-state index contributed by atoms with van der Waals surface area (Å²) >= 11 is 0. The zero-order valence-corrected chi connectivity index (χ0v) is 7.38. The number of hydrogen-bond acceptors (Lipinski definition) is 2. The Kier molecular flexibility index (Phi) is 4.38. The normalized spacial score (nSPS) is 18.9. The van der Waals surface area contributed by atoms with Crippen molar-refractivity contribution in [3.05, 3.63) is 12.7 Å². The van der Waals surface area contributed by atoms with Crippen molar-refractivity contribution >= 4 is 0 Å². The molecule has 2 unspecified atom stereocenters. The maximum atomic E-state index is 9.39. The molecule has 0 aromatic carbocycles. The van der Waals surface area contributed by atoms with E-state index in [1.54, 1.807) is 13.0 Å². The van der Waals surface area contributed by atoms with Crippen LogP contribution in [0.2, 0.25) is 0 Å². The molecule has 2 heteroatoms. The third-order valence-electron chi connectivity index (χ3n) is 2.46. The monoisotopic (exact) mass is 158 g/mol. The highest BCUT2D eigenvalue weighted by Crippen LogP contribution is 2.30. The van der Waals surface area contributed by atoms with Gasteiger partial charge in [0.05, 0.1) is 12.7 Å². The molecule has 0 spiro atoms. The first-order valence-corrected chi connectivity index (χ1v) is 4.02. The van der Waals surface area contributed by atoms with Crippen molar-refractivity contribution < 1.29 is 10.2 Å². The Hall–Kier alpha value is -0.340. The predicted molar refractivity (Wildman–Crippen MR) is 46.3 cm³/mol. The fourth-order valence-electron chi connectivity index (χ4n) is 1.21. The van der Waals surface area contributed by atoms with Crippen LogP contribution in [0, 0.1) is 5.41 Å². The molecule has 0 rings (SSSR count). The number of aliphatic hydroxyl groups excluding tert-OH is 2. The van der Waals surface area contributed by atoms with E-state index in [2.05, 4.69) is 6.58 Å². The third kappa shape index (κ3) is 2.31. The SMILES string of the molecule is C=CCC(CC)(CO)C(C)O. The minimum absolute atomic E-state index is 0.0210. The Bertz CT molecular complexity index is 115. The molecule has 0 fully saturated rings. The molecule has 0 bridgehead atoms. The van der Waals surface area contributed by atoms with E-state index >= 15 is 0 Å². The van der Waals surface area contributed by atoms with Crippen LogP contribution in [0.15, 0.2) is 12.7 Å². The molecular weight excluding hydrogens is 140 g/mol. The van der Waals surface area contributed by atoms with Crippen molar-refractivity contribution in [1.82, 2.24) is 0 Å². The van der Waals surface area contributed by atoms with Gasteiger partial charge in [0.25, 0.3) is 0 Å². The van der Waals surface area contributed by atoms with Gasteiger partial charge >= 0.3 is 0 Å². The Morgan fingerprint density at radius 3 is 2.27 bits per heavy atom. The molecule has 66 valence electrons. The van der Waals surface area contributed by atoms with E-state index in [-0.39, 0.29) is 12.0 Å². The van der Waals surface area contributed by atoms with Crippen LogP contribution in [0.3, 0.4) is 0 Å². The molecule has 0 radical (unpaired) electrons. The number of aliphatic hydroxyl groups is 2. The highest BCUT2D eigenvalue weighted by Gasteiger charge is 2.31. The molecule has 0 saturated heterocycles. The summed E-state index contributed by atoms with van der Waals surface area (Å²) in [5.74, 6) is 0. The van der Waals surface area contributed by atoms with Crippen LogP contribution in [-0.4, -0.2) is 22.9 Å². The lowest BCUT2D eigenvalue weighted by atomic mass is 9.78. The van der Waals surface area contributed by atoms with Crippen LogP contribution < -0.4 is 0 Å². The highest BCUT2D eigenvalue weighted by molar-refractivity contribution is 4.88. The van der Waals surface area contributed by atoms with E-state index in [4.69, 9.17) is 5.11 Å². The van der Waals surface area contributed by atoms with Crippen LogP contribution in [0.5, 0.6) is 0 Å². The van der Waals surface area contributed by atoms with Crippen molar-refractivity contribution in [3.63, 3.8) is 0 Å². The lowest BCUT2D eigenvalue weighted by Crippen LogP contribution is -2.35. The van der Waals surface area contributed by atoms with Crippen LogP contribution in [-0.2, 0) is 0 Å². The number of allylic oxidation sites excluding steroid dienone is 1. The summed E-state index contributed by atoms with van der Waals surface area (Å²) in [6.07, 6.45) is 2.70. The zero-order chi connectivity index (χ0) is 8.91. The van der Waals surface area contributed by atoms with Gasteiger partial charge in [0.2, 0.25) is 0 Å². The van der Waals surface area contributed by atoms with Gasteiger partial charge in [0.15, 0.2) is 0 Å². The molecule has 0 amide bonds. The topological polar surface area (TPSA) is 40.5 Å². The van der Waals surface area contributed by atoms with E-state index in [0.29, 0.717) is 6.42 Å². The summed E-state index contributed by atoms with van der Waals surface area (Å²) < 4.78 is 0. The predicted octanol–water partition coefficient (Wildman–Crippen LogP) is 1.33. The second-order valence-electron chi connectivity index (χ2n) is 3.04. The molecule has 0 saturated carbocycles. The molecule has 11 heavy (non-hydrogen) atoms. The first-order valence-electron chi connectivity index (χ1n) is 4.02. The molecule has 0 aromatic rings. The standard InChI is InChI=1S/C9H18O2/c1-4-6-9(5-2,7-10)8(3)11/h4,8,10-11H,1,5-7H2,2-3H3. The summed E-state index contributed by atoms with van der Waals surface area (Å²) in [5.41, 5.74) is -0.373. The van der Waals surface area contributed by atoms with E-state index in [0.717, 1.165) is 6.42 Å². The van der Waals surface area contributed by atoms with Gasteiger partial charge in [0.1, 0.15) is 0 Å². The van der Waals surface area contributed by atoms with Gasteiger partial charge in [-0.05, 0) is 19.8 Å². The molecule has 0 aliphatic heterocycles. The fourth-order valence-corrected chi connectivity index (χ4v) is 1.21. The quantitative estimate of drug-likeness (QED) is 0.593. The summed E-state index contributed by atoms with van der Waals surface area (Å²) in [7, 11) is 0. The van der Waals surface area contributed by atoms with Crippen molar-refractivity contribution in [3.8, 4) is 0 Å². The minimum atomic E-state index is -0.476. The summed E-state index contributed by atoms with van der Waals surface area (Å²) in [5, 5.41) is 18.5. The van der Waals surface area contributed by atoms with E-state index in [1.807, 2.05) is 6.92 Å². The van der Waals surface area contributed by atoms with Crippen LogP contribution >= 0.6 is 0 Å². The van der Waals surface area contributed by atoms with Gasteiger partial charge in [0, 0.05) is 5.41 Å². The number of rotatable bonds is 5. The molecule has 0 aliphatic carbocycles. The molecule has 2 atom stereocenters. The third-order valence-corrected chi connectivity index (χ3v) is 2.46. The Balaban J connectivity index is 4.31. The van der Waals surface area contributed by atoms with Gasteiger partial charge < -0.3 is 10.2 Å². The molecule has 2 nitrogen and oxygen atoms in total. The lowest BCUT2D eigenvalue weighted by molar-refractivity contribution is -0.00765. The largest absolute Gasteiger partial charge is 0.396 e. The maximum Gasteiger partial charge on any atom is 0.0593 e. The summed E-state index contributed by atoms with van der Waals surface area (Å²) in [6.45, 7) is 7.30. The Morgan fingerprint density at radius 1 is 1.64 bits per heavy atom. The van der Waals surface area contributed by atoms with Crippen molar-refractivity contribution in [2.75, 3.05) is 6.61 Å². The molecular formula is C9H18O2. The molecule has 2 N–H and O–H groups in total. The van der Waals surface area contributed by atoms with E-state index < -0.39 is 6.10 Å². The minimum Gasteiger partial charge on any atom is -0.396 e. The summed E-state index contributed by atoms with van der Waals surface area (Å²) in [4.78, 5) is 0. The van der Waals surface area contributed by atoms with E-state index in [9.17, 15) is 5.11 Å². The Morgan fingerprint density at radius 2 is 2.18 bits per heavy atom. The lowest BCUT2D eigenvalue weighted by Gasteiger charge is -2.32. The second kappa shape index (κ2) is 4.52. The fraction of sp³-hybridized carbons (Fsp3) is 0.778. The van der Waals surface area contributed by atoms with Crippen LogP contribution in [0.25, 0.3) is 0 Å². The van der Waals surface area contributed by atoms with Crippen molar-refractivity contribution in [2.45, 2.75) is 32.8 Å². The smallest absolute Gasteiger partial charge is 0.0593 e. The van der Waals surface area contributed by atoms with Crippen molar-refractivity contribution in [1.29, 1.82) is 0 Å². The molecule has 0 aliphatic rings.